The Kier molecular flexibility index (Phi) is 6.94. The summed E-state index contributed by atoms with van der Waals surface area (Å²) in [6.45, 7) is 5.19. The van der Waals surface area contributed by atoms with Crippen LogP contribution in [0.25, 0.3) is 5.69 Å². The zero-order valence-electron chi connectivity index (χ0n) is 16.1. The van der Waals surface area contributed by atoms with Crippen LogP contribution in [0, 0.1) is 0 Å². The minimum atomic E-state index is 0.0713. The van der Waals surface area contributed by atoms with Crippen molar-refractivity contribution in [1.82, 2.24) is 25.5 Å². The molecule has 3 aromatic rings. The van der Waals surface area contributed by atoms with Crippen molar-refractivity contribution in [3.05, 3.63) is 54.1 Å². The quantitative estimate of drug-likeness (QED) is 0.556. The molecule has 1 heterocycles. The van der Waals surface area contributed by atoms with Crippen LogP contribution in [0.5, 0.6) is 17.5 Å². The number of tetrazole rings is 1. The molecule has 3 rings (SSSR count). The average molecular weight is 383 g/mol. The van der Waals surface area contributed by atoms with Crippen LogP contribution in [-0.2, 0) is 6.54 Å². The molecule has 0 aliphatic heterocycles. The van der Waals surface area contributed by atoms with Gasteiger partial charge < -0.3 is 19.9 Å². The van der Waals surface area contributed by atoms with Crippen LogP contribution in [0.4, 0.5) is 0 Å². The van der Waals surface area contributed by atoms with Gasteiger partial charge in [0.25, 0.3) is 0 Å². The maximum atomic E-state index is 9.32. The number of hydrogen-bond donors (Lipinski definition) is 2. The molecule has 0 unspecified atom stereocenters. The molecule has 2 N–H and O–H groups in total. The number of benzene rings is 2. The standard InChI is InChI=1S/C20H25N5O3/c1-3-16(14-26)21-13-15-10-11-18(19(12-15)27-4-2)28-20-22-23-24-25(20)17-8-6-5-7-9-17/h5-12,16,21,26H,3-4,13-14H2,1-2H3/t16-/m0/s1. The van der Waals surface area contributed by atoms with Crippen molar-refractivity contribution < 1.29 is 14.6 Å². The van der Waals surface area contributed by atoms with Gasteiger partial charge in [0.15, 0.2) is 11.5 Å². The molecule has 0 aliphatic rings. The van der Waals surface area contributed by atoms with E-state index < -0.39 is 0 Å². The summed E-state index contributed by atoms with van der Waals surface area (Å²) in [5.74, 6) is 1.15. The Morgan fingerprint density at radius 2 is 1.93 bits per heavy atom. The van der Waals surface area contributed by atoms with Gasteiger partial charge in [0.05, 0.1) is 18.9 Å². The highest BCUT2D eigenvalue weighted by Gasteiger charge is 2.15. The molecule has 0 saturated carbocycles. The fraction of sp³-hybridized carbons (Fsp3) is 0.350. The van der Waals surface area contributed by atoms with E-state index in [-0.39, 0.29) is 18.7 Å². The van der Waals surface area contributed by atoms with Crippen LogP contribution in [0.3, 0.4) is 0 Å². The van der Waals surface area contributed by atoms with Crippen LogP contribution >= 0.6 is 0 Å². The van der Waals surface area contributed by atoms with Gasteiger partial charge in [-0.2, -0.15) is 4.68 Å². The molecule has 0 aliphatic carbocycles. The molecule has 0 saturated heterocycles. The Bertz CT molecular complexity index is 865. The summed E-state index contributed by atoms with van der Waals surface area (Å²) >= 11 is 0. The van der Waals surface area contributed by atoms with Crippen LogP contribution in [-0.4, -0.2) is 44.6 Å². The molecule has 148 valence electrons. The van der Waals surface area contributed by atoms with Gasteiger partial charge in [0.1, 0.15) is 0 Å². The highest BCUT2D eigenvalue weighted by atomic mass is 16.5. The Labute approximate surface area is 164 Å². The molecule has 0 spiro atoms. The SMILES string of the molecule is CCOc1cc(CN[C@@H](CC)CO)ccc1Oc1nnnn1-c1ccccc1. The Hall–Kier alpha value is -2.97. The van der Waals surface area contributed by atoms with Crippen molar-refractivity contribution in [3.63, 3.8) is 0 Å². The predicted molar refractivity (Wildman–Crippen MR) is 105 cm³/mol. The molecular weight excluding hydrogens is 358 g/mol. The maximum Gasteiger partial charge on any atom is 0.346 e. The van der Waals surface area contributed by atoms with Crippen LogP contribution in [0.1, 0.15) is 25.8 Å². The highest BCUT2D eigenvalue weighted by Crippen LogP contribution is 2.32. The summed E-state index contributed by atoms with van der Waals surface area (Å²) in [6.07, 6.45) is 0.859. The highest BCUT2D eigenvalue weighted by molar-refractivity contribution is 5.44. The topological polar surface area (TPSA) is 94.3 Å². The number of para-hydroxylation sites is 1. The summed E-state index contributed by atoms with van der Waals surface area (Å²) in [5.41, 5.74) is 1.83. The molecule has 2 aromatic carbocycles. The van der Waals surface area contributed by atoms with Gasteiger partial charge in [0, 0.05) is 12.6 Å². The largest absolute Gasteiger partial charge is 0.490 e. The molecule has 0 radical (unpaired) electrons. The molecule has 1 aromatic heterocycles. The van der Waals surface area contributed by atoms with Crippen molar-refractivity contribution in [2.75, 3.05) is 13.2 Å². The Morgan fingerprint density at radius 1 is 1.11 bits per heavy atom. The van der Waals surface area contributed by atoms with E-state index in [2.05, 4.69) is 20.8 Å². The fourth-order valence-electron chi connectivity index (χ4n) is 2.69. The smallest absolute Gasteiger partial charge is 0.346 e. The van der Waals surface area contributed by atoms with E-state index in [4.69, 9.17) is 9.47 Å². The fourth-order valence-corrected chi connectivity index (χ4v) is 2.69. The van der Waals surface area contributed by atoms with Crippen LogP contribution in [0.2, 0.25) is 0 Å². The zero-order chi connectivity index (χ0) is 19.8. The molecule has 8 nitrogen and oxygen atoms in total. The molecule has 28 heavy (non-hydrogen) atoms. The summed E-state index contributed by atoms with van der Waals surface area (Å²) in [6, 6.07) is 15.6. The molecule has 1 atom stereocenters. The first kappa shape index (κ1) is 19.8. The zero-order valence-corrected chi connectivity index (χ0v) is 16.1. The maximum absolute atomic E-state index is 9.32. The summed E-state index contributed by atoms with van der Waals surface area (Å²) < 4.78 is 13.2. The minimum Gasteiger partial charge on any atom is -0.490 e. The lowest BCUT2D eigenvalue weighted by Crippen LogP contribution is -2.31. The second-order valence-corrected chi connectivity index (χ2v) is 6.19. The first-order chi connectivity index (χ1) is 13.7. The summed E-state index contributed by atoms with van der Waals surface area (Å²) in [4.78, 5) is 0. The van der Waals surface area contributed by atoms with E-state index in [1.54, 1.807) is 0 Å². The van der Waals surface area contributed by atoms with Gasteiger partial charge in [-0.3, -0.25) is 0 Å². The third-order valence-corrected chi connectivity index (χ3v) is 4.26. The third-order valence-electron chi connectivity index (χ3n) is 4.26. The molecular formula is C20H25N5O3. The number of aliphatic hydroxyl groups excluding tert-OH is 1. The van der Waals surface area contributed by atoms with Gasteiger partial charge >= 0.3 is 6.01 Å². The number of aromatic nitrogens is 4. The van der Waals surface area contributed by atoms with E-state index in [1.165, 1.54) is 4.68 Å². The number of hydrogen-bond acceptors (Lipinski definition) is 7. The van der Waals surface area contributed by atoms with Gasteiger partial charge in [-0.05, 0) is 53.6 Å². The van der Waals surface area contributed by atoms with E-state index in [9.17, 15) is 5.11 Å². The van der Waals surface area contributed by atoms with Crippen molar-refractivity contribution in [2.45, 2.75) is 32.9 Å². The van der Waals surface area contributed by atoms with Crippen molar-refractivity contribution in [2.24, 2.45) is 0 Å². The van der Waals surface area contributed by atoms with Crippen molar-refractivity contribution in [1.29, 1.82) is 0 Å². The van der Waals surface area contributed by atoms with E-state index in [0.29, 0.717) is 24.7 Å². The van der Waals surface area contributed by atoms with Gasteiger partial charge in [-0.25, -0.2) is 0 Å². The first-order valence-corrected chi connectivity index (χ1v) is 9.36. The molecule has 0 amide bonds. The molecule has 0 fully saturated rings. The summed E-state index contributed by atoms with van der Waals surface area (Å²) in [7, 11) is 0. The number of rotatable bonds is 10. The average Bonchev–Trinajstić information content (AvgIpc) is 3.19. The van der Waals surface area contributed by atoms with Crippen LogP contribution < -0.4 is 14.8 Å². The van der Waals surface area contributed by atoms with Gasteiger partial charge in [-0.15, -0.1) is 0 Å². The van der Waals surface area contributed by atoms with Crippen molar-refractivity contribution in [3.8, 4) is 23.2 Å². The van der Waals surface area contributed by atoms with Crippen molar-refractivity contribution >= 4 is 0 Å². The minimum absolute atomic E-state index is 0.0713. The second-order valence-electron chi connectivity index (χ2n) is 6.19. The Balaban J connectivity index is 1.80. The van der Waals surface area contributed by atoms with E-state index in [1.807, 2.05) is 62.4 Å². The summed E-state index contributed by atoms with van der Waals surface area (Å²) in [5, 5.41) is 24.3. The van der Waals surface area contributed by atoms with Gasteiger partial charge in [0.2, 0.25) is 0 Å². The molecule has 0 bridgehead atoms. The lowest BCUT2D eigenvalue weighted by molar-refractivity contribution is 0.238. The number of ether oxygens (including phenoxy) is 2. The lowest BCUT2D eigenvalue weighted by atomic mass is 10.1. The first-order valence-electron chi connectivity index (χ1n) is 9.36. The van der Waals surface area contributed by atoms with Crippen LogP contribution in [0.15, 0.2) is 48.5 Å². The van der Waals surface area contributed by atoms with E-state index >= 15 is 0 Å². The second kappa shape index (κ2) is 9.82. The van der Waals surface area contributed by atoms with E-state index in [0.717, 1.165) is 17.7 Å². The van der Waals surface area contributed by atoms with Gasteiger partial charge in [-0.1, -0.05) is 36.3 Å². The third kappa shape index (κ3) is 4.85. The normalized spacial score (nSPS) is 12.0. The number of nitrogens with one attached hydrogen (secondary N) is 1. The number of nitrogens with zero attached hydrogens (tertiary/aromatic N) is 4. The lowest BCUT2D eigenvalue weighted by Gasteiger charge is -2.16. The monoisotopic (exact) mass is 383 g/mol. The predicted octanol–water partition coefficient (Wildman–Crippen LogP) is 2.71. The Morgan fingerprint density at radius 3 is 2.64 bits per heavy atom. The molecule has 8 heteroatoms. The number of aliphatic hydroxyl groups is 1.